The third-order valence-electron chi connectivity index (χ3n) is 5.64. The number of carbonyl (C=O) groups excluding carboxylic acids is 1. The van der Waals surface area contributed by atoms with E-state index in [-0.39, 0.29) is 35.0 Å². The van der Waals surface area contributed by atoms with E-state index in [9.17, 15) is 19.8 Å². The minimum Gasteiger partial charge on any atom is -0.508 e. The predicted octanol–water partition coefficient (Wildman–Crippen LogP) is 2.40. The molecule has 1 amide bonds. The molecule has 7 heteroatoms. The molecule has 1 aromatic heterocycles. The van der Waals surface area contributed by atoms with E-state index in [0.29, 0.717) is 24.0 Å². The Balaban J connectivity index is 1.46. The van der Waals surface area contributed by atoms with Gasteiger partial charge in [0.25, 0.3) is 0 Å². The first kappa shape index (κ1) is 20.0. The molecule has 0 unspecified atom stereocenters. The highest BCUT2D eigenvalue weighted by molar-refractivity contribution is 5.90. The minimum absolute atomic E-state index is 0.0802. The van der Waals surface area contributed by atoms with Crippen LogP contribution in [0.4, 0.5) is 0 Å². The summed E-state index contributed by atoms with van der Waals surface area (Å²) < 4.78 is 5.25. The number of phenols is 2. The van der Waals surface area contributed by atoms with Gasteiger partial charge in [-0.15, -0.1) is 0 Å². The fraction of sp³-hybridized carbons (Fsp3) is 0.304. The van der Waals surface area contributed by atoms with E-state index in [1.54, 1.807) is 11.8 Å². The minimum atomic E-state index is -0.624. The van der Waals surface area contributed by atoms with E-state index in [1.807, 2.05) is 18.2 Å². The van der Waals surface area contributed by atoms with Crippen molar-refractivity contribution in [2.45, 2.75) is 19.9 Å². The molecule has 2 heterocycles. The second-order valence-electron chi connectivity index (χ2n) is 7.65. The number of hydrogen-bond donors (Lipinski definition) is 2. The number of rotatable bonds is 4. The Labute approximate surface area is 173 Å². The Kier molecular flexibility index (Phi) is 5.46. The molecule has 0 saturated carbocycles. The molecule has 0 radical (unpaired) electrons. The van der Waals surface area contributed by atoms with Crippen molar-refractivity contribution in [3.05, 3.63) is 69.6 Å². The molecule has 0 aliphatic carbocycles. The molecular formula is C23H24N2O5. The molecule has 0 bridgehead atoms. The SMILES string of the molecule is Cc1c(CC(=O)N2CCN(Cc3ccccc3)CC2)c(=O)oc2cc(O)cc(O)c12. The predicted molar refractivity (Wildman–Crippen MR) is 113 cm³/mol. The second-order valence-corrected chi connectivity index (χ2v) is 7.65. The average Bonchev–Trinajstić information content (AvgIpc) is 2.71. The maximum atomic E-state index is 12.8. The number of nitrogens with zero attached hydrogens (tertiary/aromatic N) is 2. The number of amides is 1. The molecular weight excluding hydrogens is 384 g/mol. The Morgan fingerprint density at radius 3 is 2.47 bits per heavy atom. The van der Waals surface area contributed by atoms with Gasteiger partial charge in [-0.3, -0.25) is 9.69 Å². The molecule has 1 saturated heterocycles. The zero-order valence-electron chi connectivity index (χ0n) is 16.8. The maximum Gasteiger partial charge on any atom is 0.340 e. The van der Waals surface area contributed by atoms with E-state index in [0.717, 1.165) is 19.6 Å². The third kappa shape index (κ3) is 4.02. The van der Waals surface area contributed by atoms with Crippen molar-refractivity contribution in [3.8, 4) is 11.5 Å². The molecule has 2 N–H and O–H groups in total. The lowest BCUT2D eigenvalue weighted by atomic mass is 10.0. The molecule has 0 spiro atoms. The fourth-order valence-corrected chi connectivity index (χ4v) is 3.97. The molecule has 1 aliphatic rings. The number of aromatic hydroxyl groups is 2. The molecule has 3 aromatic rings. The van der Waals surface area contributed by atoms with Gasteiger partial charge in [0, 0.05) is 44.9 Å². The van der Waals surface area contributed by atoms with Gasteiger partial charge >= 0.3 is 5.63 Å². The lowest BCUT2D eigenvalue weighted by Crippen LogP contribution is -2.49. The highest BCUT2D eigenvalue weighted by Crippen LogP contribution is 2.32. The second kappa shape index (κ2) is 8.20. The van der Waals surface area contributed by atoms with Crippen LogP contribution in [0.25, 0.3) is 11.0 Å². The highest BCUT2D eigenvalue weighted by atomic mass is 16.4. The number of fused-ring (bicyclic) bond motifs is 1. The van der Waals surface area contributed by atoms with Gasteiger partial charge in [-0.25, -0.2) is 4.79 Å². The van der Waals surface area contributed by atoms with E-state index in [1.165, 1.54) is 17.7 Å². The first-order valence-electron chi connectivity index (χ1n) is 9.94. The van der Waals surface area contributed by atoms with Crippen LogP contribution in [0.3, 0.4) is 0 Å². The average molecular weight is 408 g/mol. The van der Waals surface area contributed by atoms with Gasteiger partial charge in [0.2, 0.25) is 5.91 Å². The van der Waals surface area contributed by atoms with Crippen molar-refractivity contribution in [2.75, 3.05) is 26.2 Å². The zero-order valence-corrected chi connectivity index (χ0v) is 16.8. The molecule has 7 nitrogen and oxygen atoms in total. The van der Waals surface area contributed by atoms with Gasteiger partial charge in [0.15, 0.2) is 0 Å². The normalized spacial score (nSPS) is 14.9. The summed E-state index contributed by atoms with van der Waals surface area (Å²) in [5, 5.41) is 20.1. The van der Waals surface area contributed by atoms with Gasteiger partial charge < -0.3 is 19.5 Å². The van der Waals surface area contributed by atoms with Gasteiger partial charge in [-0.1, -0.05) is 30.3 Å². The van der Waals surface area contributed by atoms with Crippen LogP contribution in [0.2, 0.25) is 0 Å². The third-order valence-corrected chi connectivity index (χ3v) is 5.64. The van der Waals surface area contributed by atoms with Crippen LogP contribution in [0.15, 0.2) is 51.7 Å². The van der Waals surface area contributed by atoms with Crippen molar-refractivity contribution >= 4 is 16.9 Å². The number of aryl methyl sites for hydroxylation is 1. The van der Waals surface area contributed by atoms with Gasteiger partial charge in [0.05, 0.1) is 17.4 Å². The first-order chi connectivity index (χ1) is 14.4. The molecule has 2 aromatic carbocycles. The molecule has 30 heavy (non-hydrogen) atoms. The van der Waals surface area contributed by atoms with E-state index in [4.69, 9.17) is 4.42 Å². The summed E-state index contributed by atoms with van der Waals surface area (Å²) in [5.41, 5.74) is 1.45. The highest BCUT2D eigenvalue weighted by Gasteiger charge is 2.24. The van der Waals surface area contributed by atoms with E-state index >= 15 is 0 Å². The lowest BCUT2D eigenvalue weighted by Gasteiger charge is -2.34. The summed E-state index contributed by atoms with van der Waals surface area (Å²) in [7, 11) is 0. The van der Waals surface area contributed by atoms with Crippen LogP contribution in [-0.4, -0.2) is 52.1 Å². The smallest absolute Gasteiger partial charge is 0.340 e. The van der Waals surface area contributed by atoms with Crippen LogP contribution in [0.5, 0.6) is 11.5 Å². The molecule has 156 valence electrons. The van der Waals surface area contributed by atoms with Crippen LogP contribution >= 0.6 is 0 Å². The summed E-state index contributed by atoms with van der Waals surface area (Å²) in [5.74, 6) is -0.517. The fourth-order valence-electron chi connectivity index (χ4n) is 3.97. The Morgan fingerprint density at radius 2 is 1.77 bits per heavy atom. The first-order valence-corrected chi connectivity index (χ1v) is 9.94. The number of hydrogen-bond acceptors (Lipinski definition) is 6. The van der Waals surface area contributed by atoms with E-state index < -0.39 is 5.63 Å². The van der Waals surface area contributed by atoms with Crippen molar-refractivity contribution in [2.24, 2.45) is 0 Å². The molecule has 4 rings (SSSR count). The largest absolute Gasteiger partial charge is 0.508 e. The van der Waals surface area contributed by atoms with Crippen LogP contribution in [-0.2, 0) is 17.8 Å². The van der Waals surface area contributed by atoms with Crippen LogP contribution in [0.1, 0.15) is 16.7 Å². The zero-order chi connectivity index (χ0) is 21.3. The number of piperazine rings is 1. The Hall–Kier alpha value is -3.32. The quantitative estimate of drug-likeness (QED) is 0.644. The summed E-state index contributed by atoms with van der Waals surface area (Å²) in [6.45, 7) is 5.27. The van der Waals surface area contributed by atoms with Gasteiger partial charge in [-0.2, -0.15) is 0 Å². The van der Waals surface area contributed by atoms with Crippen molar-refractivity contribution < 1.29 is 19.4 Å². The maximum absolute atomic E-state index is 12.8. The van der Waals surface area contributed by atoms with Gasteiger partial charge in [0.1, 0.15) is 17.1 Å². The van der Waals surface area contributed by atoms with Crippen LogP contribution < -0.4 is 5.63 Å². The topological polar surface area (TPSA) is 94.2 Å². The Bertz CT molecular complexity index is 1130. The monoisotopic (exact) mass is 408 g/mol. The summed E-state index contributed by atoms with van der Waals surface area (Å²) in [6.07, 6.45) is -0.0802. The van der Waals surface area contributed by atoms with Crippen molar-refractivity contribution in [1.82, 2.24) is 9.80 Å². The summed E-state index contributed by atoms with van der Waals surface area (Å²) >= 11 is 0. The number of carbonyl (C=O) groups is 1. The summed E-state index contributed by atoms with van der Waals surface area (Å²) in [6, 6.07) is 12.7. The van der Waals surface area contributed by atoms with Crippen molar-refractivity contribution in [3.63, 3.8) is 0 Å². The summed E-state index contributed by atoms with van der Waals surface area (Å²) in [4.78, 5) is 29.3. The lowest BCUT2D eigenvalue weighted by molar-refractivity contribution is -0.132. The number of phenolic OH excluding ortho intramolecular Hbond substituents is 2. The molecule has 1 fully saturated rings. The van der Waals surface area contributed by atoms with E-state index in [2.05, 4.69) is 17.0 Å². The number of benzene rings is 2. The standard InChI is InChI=1S/C23H24N2O5/c1-15-18(23(29)30-20-12-17(26)11-19(27)22(15)20)13-21(28)25-9-7-24(8-10-25)14-16-5-3-2-4-6-16/h2-6,11-12,26-27H,7-10,13-14H2,1H3. The molecule has 1 aliphatic heterocycles. The Morgan fingerprint density at radius 1 is 1.07 bits per heavy atom. The van der Waals surface area contributed by atoms with Crippen LogP contribution in [0, 0.1) is 6.92 Å². The van der Waals surface area contributed by atoms with Crippen molar-refractivity contribution in [1.29, 1.82) is 0 Å². The van der Waals surface area contributed by atoms with Gasteiger partial charge in [-0.05, 0) is 18.1 Å². The molecule has 0 atom stereocenters.